The first-order valence-corrected chi connectivity index (χ1v) is 6.31. The quantitative estimate of drug-likeness (QED) is 0.587. The Kier molecular flexibility index (Phi) is 4.17. The van der Waals surface area contributed by atoms with Gasteiger partial charge in [-0.3, -0.25) is 0 Å². The monoisotopic (exact) mass is 215 g/mol. The number of hydrogen-bond acceptors (Lipinski definition) is 1. The molecule has 0 fully saturated rings. The summed E-state index contributed by atoms with van der Waals surface area (Å²) in [5.41, 5.74) is 3.13. The van der Waals surface area contributed by atoms with E-state index in [0.29, 0.717) is 0 Å². The summed E-state index contributed by atoms with van der Waals surface area (Å²) in [6.07, 6.45) is 6.97. The van der Waals surface area contributed by atoms with E-state index in [1.54, 1.807) is 11.1 Å². The fourth-order valence-electron chi connectivity index (χ4n) is 2.55. The molecule has 1 nitrogen and oxygen atoms in total. The molecular formula is C15H21N. The van der Waals surface area contributed by atoms with Crippen LogP contribution in [0.25, 0.3) is 0 Å². The molecule has 0 amide bonds. The van der Waals surface area contributed by atoms with Crippen molar-refractivity contribution in [2.24, 2.45) is 0 Å². The maximum absolute atomic E-state index is 3.74. The van der Waals surface area contributed by atoms with Gasteiger partial charge < -0.3 is 5.32 Å². The first-order valence-electron chi connectivity index (χ1n) is 6.31. The second-order valence-electron chi connectivity index (χ2n) is 4.57. The molecule has 1 aromatic rings. The molecule has 0 aromatic heterocycles. The van der Waals surface area contributed by atoms with Gasteiger partial charge in [0, 0.05) is 6.54 Å². The minimum absolute atomic E-state index is 0.717. The highest BCUT2D eigenvalue weighted by Crippen LogP contribution is 2.30. The van der Waals surface area contributed by atoms with Crippen molar-refractivity contribution in [1.82, 2.24) is 5.32 Å². The van der Waals surface area contributed by atoms with Gasteiger partial charge in [0.2, 0.25) is 0 Å². The summed E-state index contributed by atoms with van der Waals surface area (Å²) in [6.45, 7) is 5.91. The highest BCUT2D eigenvalue weighted by Gasteiger charge is 2.18. The van der Waals surface area contributed by atoms with Gasteiger partial charge >= 0.3 is 0 Å². The second-order valence-corrected chi connectivity index (χ2v) is 4.57. The highest BCUT2D eigenvalue weighted by atomic mass is 14.9. The summed E-state index contributed by atoms with van der Waals surface area (Å²) in [7, 11) is 0. The molecule has 1 aliphatic carbocycles. The Morgan fingerprint density at radius 1 is 1.38 bits per heavy atom. The van der Waals surface area contributed by atoms with Crippen LogP contribution in [0.3, 0.4) is 0 Å². The molecule has 2 rings (SSSR count). The molecule has 0 saturated heterocycles. The summed E-state index contributed by atoms with van der Waals surface area (Å²) in [5.74, 6) is 0.717. The smallest absolute Gasteiger partial charge is 0.00203 e. The number of hydrogen-bond donors (Lipinski definition) is 1. The molecular weight excluding hydrogens is 194 g/mol. The third-order valence-corrected chi connectivity index (χ3v) is 3.41. The zero-order valence-electron chi connectivity index (χ0n) is 9.91. The van der Waals surface area contributed by atoms with E-state index in [1.807, 2.05) is 6.08 Å². The number of fused-ring (bicyclic) bond motifs is 1. The van der Waals surface area contributed by atoms with Crippen molar-refractivity contribution in [3.8, 4) is 0 Å². The molecule has 0 bridgehead atoms. The predicted octanol–water partition coefficient (Wildman–Crippen LogP) is 3.27. The third kappa shape index (κ3) is 2.73. The molecule has 1 heteroatoms. The average Bonchev–Trinajstić information content (AvgIpc) is 2.35. The van der Waals surface area contributed by atoms with Crippen LogP contribution >= 0.6 is 0 Å². The molecule has 1 aliphatic rings. The van der Waals surface area contributed by atoms with Gasteiger partial charge in [0.25, 0.3) is 0 Å². The van der Waals surface area contributed by atoms with Crippen LogP contribution < -0.4 is 5.32 Å². The molecule has 1 atom stereocenters. The van der Waals surface area contributed by atoms with Gasteiger partial charge in [-0.2, -0.15) is 0 Å². The van der Waals surface area contributed by atoms with Crippen LogP contribution in [0.5, 0.6) is 0 Å². The van der Waals surface area contributed by atoms with Gasteiger partial charge in [0.15, 0.2) is 0 Å². The second kappa shape index (κ2) is 5.86. The van der Waals surface area contributed by atoms with E-state index in [4.69, 9.17) is 0 Å². The van der Waals surface area contributed by atoms with Crippen LogP contribution in [0, 0.1) is 0 Å². The summed E-state index contributed by atoms with van der Waals surface area (Å²) < 4.78 is 0. The lowest BCUT2D eigenvalue weighted by atomic mass is 9.83. The lowest BCUT2D eigenvalue weighted by Crippen LogP contribution is -2.25. The molecule has 16 heavy (non-hydrogen) atoms. The van der Waals surface area contributed by atoms with E-state index in [2.05, 4.69) is 36.2 Å². The Morgan fingerprint density at radius 3 is 3.12 bits per heavy atom. The Balaban J connectivity index is 1.93. The van der Waals surface area contributed by atoms with Crippen molar-refractivity contribution >= 4 is 0 Å². The molecule has 1 unspecified atom stereocenters. The number of aryl methyl sites for hydroxylation is 1. The van der Waals surface area contributed by atoms with E-state index < -0.39 is 0 Å². The van der Waals surface area contributed by atoms with Crippen molar-refractivity contribution in [2.45, 2.75) is 31.6 Å². The van der Waals surface area contributed by atoms with Gasteiger partial charge in [0.05, 0.1) is 0 Å². The van der Waals surface area contributed by atoms with Crippen LogP contribution in [0.15, 0.2) is 36.9 Å². The zero-order valence-corrected chi connectivity index (χ0v) is 9.91. The number of benzene rings is 1. The van der Waals surface area contributed by atoms with Crippen molar-refractivity contribution < 1.29 is 0 Å². The van der Waals surface area contributed by atoms with E-state index in [0.717, 1.165) is 25.4 Å². The van der Waals surface area contributed by atoms with Gasteiger partial charge in [-0.1, -0.05) is 30.3 Å². The topological polar surface area (TPSA) is 12.0 Å². The SMILES string of the molecule is C=CCCNCC1CCCc2ccccc21. The van der Waals surface area contributed by atoms with Crippen molar-refractivity contribution in [3.63, 3.8) is 0 Å². The third-order valence-electron chi connectivity index (χ3n) is 3.41. The van der Waals surface area contributed by atoms with E-state index >= 15 is 0 Å². The average molecular weight is 215 g/mol. The van der Waals surface area contributed by atoms with E-state index in [9.17, 15) is 0 Å². The summed E-state index contributed by atoms with van der Waals surface area (Å²) in [4.78, 5) is 0. The van der Waals surface area contributed by atoms with Gasteiger partial charge in [-0.25, -0.2) is 0 Å². The lowest BCUT2D eigenvalue weighted by Gasteiger charge is -2.25. The van der Waals surface area contributed by atoms with Gasteiger partial charge in [0.1, 0.15) is 0 Å². The number of rotatable bonds is 5. The molecule has 86 valence electrons. The molecule has 0 radical (unpaired) electrons. The maximum Gasteiger partial charge on any atom is 0.00203 e. The van der Waals surface area contributed by atoms with Crippen molar-refractivity contribution in [3.05, 3.63) is 48.0 Å². The zero-order chi connectivity index (χ0) is 11.2. The summed E-state index contributed by atoms with van der Waals surface area (Å²) >= 11 is 0. The largest absolute Gasteiger partial charge is 0.316 e. The molecule has 0 saturated carbocycles. The van der Waals surface area contributed by atoms with Crippen molar-refractivity contribution in [2.75, 3.05) is 13.1 Å². The standard InChI is InChI=1S/C15H21N/c1-2-3-11-16-12-14-9-6-8-13-7-4-5-10-15(13)14/h2,4-5,7,10,14,16H,1,3,6,8-9,11-12H2. The minimum atomic E-state index is 0.717. The van der Waals surface area contributed by atoms with E-state index in [-0.39, 0.29) is 0 Å². The fraction of sp³-hybridized carbons (Fsp3) is 0.467. The van der Waals surface area contributed by atoms with Crippen molar-refractivity contribution in [1.29, 1.82) is 0 Å². The summed E-state index contributed by atoms with van der Waals surface area (Å²) in [5, 5.41) is 3.53. The first kappa shape index (κ1) is 11.4. The highest BCUT2D eigenvalue weighted by molar-refractivity contribution is 5.32. The van der Waals surface area contributed by atoms with Crippen LogP contribution in [-0.4, -0.2) is 13.1 Å². The summed E-state index contributed by atoms with van der Waals surface area (Å²) in [6, 6.07) is 8.91. The molecule has 0 aliphatic heterocycles. The Labute approximate surface area is 98.6 Å². The lowest BCUT2D eigenvalue weighted by molar-refractivity contribution is 0.510. The number of nitrogens with one attached hydrogen (secondary N) is 1. The van der Waals surface area contributed by atoms with Gasteiger partial charge in [-0.05, 0) is 49.3 Å². The fourth-order valence-corrected chi connectivity index (χ4v) is 2.55. The van der Waals surface area contributed by atoms with Crippen LogP contribution in [0.2, 0.25) is 0 Å². The minimum Gasteiger partial charge on any atom is -0.316 e. The van der Waals surface area contributed by atoms with Gasteiger partial charge in [-0.15, -0.1) is 6.58 Å². The Morgan fingerprint density at radius 2 is 2.25 bits per heavy atom. The first-order chi connectivity index (χ1) is 7.92. The molecule has 1 N–H and O–H groups in total. The predicted molar refractivity (Wildman–Crippen MR) is 69.8 cm³/mol. The van der Waals surface area contributed by atoms with Crippen LogP contribution in [0.1, 0.15) is 36.3 Å². The molecule has 0 spiro atoms. The molecule has 1 aromatic carbocycles. The molecule has 0 heterocycles. The Bertz CT molecular complexity index is 343. The normalized spacial score (nSPS) is 19.1. The Hall–Kier alpha value is -1.08. The van der Waals surface area contributed by atoms with Crippen LogP contribution in [0.4, 0.5) is 0 Å². The van der Waals surface area contributed by atoms with E-state index in [1.165, 1.54) is 19.3 Å². The maximum atomic E-state index is 3.74. The van der Waals surface area contributed by atoms with Crippen LogP contribution in [-0.2, 0) is 6.42 Å².